The summed E-state index contributed by atoms with van der Waals surface area (Å²) in [4.78, 5) is 12.5. The van der Waals surface area contributed by atoms with Gasteiger partial charge in [-0.15, -0.1) is 0 Å². The number of nitriles is 3. The highest BCUT2D eigenvalue weighted by Crippen LogP contribution is 2.42. The van der Waals surface area contributed by atoms with Crippen molar-refractivity contribution >= 4 is 55.0 Å². The number of hydrogen-bond acceptors (Lipinski definition) is 4. The standard InChI is InChI=1S/C52H26N8/c1-56-38-17-21-39(37(24-38)30-55)35-15-19-43-41-10-3-5-12-47(41)59(49(43)25-35)51-31-58-52(27-45(51)34-9-7-8-32(22-34)28-53)60-48-13-6-4-11-42(48)44-20-16-36(26-50(44)60)40-18-14-33(29-54)23-46(40)57-2/h3-27,31H. The van der Waals surface area contributed by atoms with E-state index in [9.17, 15) is 15.8 Å². The summed E-state index contributed by atoms with van der Waals surface area (Å²) in [5.74, 6) is 0.657. The van der Waals surface area contributed by atoms with Gasteiger partial charge in [0, 0.05) is 38.2 Å². The zero-order chi connectivity index (χ0) is 40.9. The minimum atomic E-state index is 0.400. The van der Waals surface area contributed by atoms with Crippen molar-refractivity contribution in [3.05, 3.63) is 197 Å². The number of aromatic nitrogens is 3. The first-order valence-electron chi connectivity index (χ1n) is 18.9. The van der Waals surface area contributed by atoms with E-state index < -0.39 is 0 Å². The molecule has 274 valence electrons. The van der Waals surface area contributed by atoms with Gasteiger partial charge in [0.05, 0.1) is 70.9 Å². The molecule has 7 aromatic carbocycles. The average molecular weight is 763 g/mol. The van der Waals surface area contributed by atoms with Gasteiger partial charge in [-0.3, -0.25) is 4.57 Å². The molecule has 0 radical (unpaired) electrons. The van der Waals surface area contributed by atoms with Crippen molar-refractivity contribution in [3.8, 4) is 63.1 Å². The highest BCUT2D eigenvalue weighted by molar-refractivity contribution is 6.12. The van der Waals surface area contributed by atoms with E-state index in [-0.39, 0.29) is 0 Å². The van der Waals surface area contributed by atoms with Crippen LogP contribution in [0.4, 0.5) is 11.4 Å². The molecule has 0 unspecified atom stereocenters. The van der Waals surface area contributed by atoms with Crippen molar-refractivity contribution in [2.75, 3.05) is 0 Å². The van der Waals surface area contributed by atoms with E-state index in [1.54, 1.807) is 30.3 Å². The van der Waals surface area contributed by atoms with Crippen LogP contribution in [-0.2, 0) is 0 Å². The third kappa shape index (κ3) is 5.53. The van der Waals surface area contributed by atoms with Gasteiger partial charge < -0.3 is 4.57 Å². The Morgan fingerprint density at radius 1 is 0.467 bits per heavy atom. The molecule has 10 rings (SSSR count). The van der Waals surface area contributed by atoms with Crippen molar-refractivity contribution < 1.29 is 0 Å². The summed E-state index contributed by atoms with van der Waals surface area (Å²) in [6, 6.07) is 55.5. The van der Waals surface area contributed by atoms with Crippen molar-refractivity contribution in [2.24, 2.45) is 0 Å². The summed E-state index contributed by atoms with van der Waals surface area (Å²) < 4.78 is 4.33. The molecule has 3 heterocycles. The zero-order valence-electron chi connectivity index (χ0n) is 31.6. The van der Waals surface area contributed by atoms with Crippen molar-refractivity contribution in [2.45, 2.75) is 0 Å². The van der Waals surface area contributed by atoms with Crippen LogP contribution >= 0.6 is 0 Å². The fourth-order valence-corrected chi connectivity index (χ4v) is 8.39. The average Bonchev–Trinajstić information content (AvgIpc) is 3.82. The van der Waals surface area contributed by atoms with Gasteiger partial charge in [-0.05, 0) is 88.5 Å². The van der Waals surface area contributed by atoms with Gasteiger partial charge in [0.25, 0.3) is 0 Å². The molecule has 0 fully saturated rings. The summed E-state index contributed by atoms with van der Waals surface area (Å²) in [6.07, 6.45) is 1.88. The number of benzene rings is 7. The minimum absolute atomic E-state index is 0.400. The highest BCUT2D eigenvalue weighted by Gasteiger charge is 2.21. The summed E-state index contributed by atoms with van der Waals surface area (Å²) in [5.41, 5.74) is 11.5. The van der Waals surface area contributed by atoms with E-state index in [2.05, 4.69) is 91.6 Å². The van der Waals surface area contributed by atoms with Crippen LogP contribution < -0.4 is 0 Å². The molecule has 0 saturated heterocycles. The van der Waals surface area contributed by atoms with Crippen molar-refractivity contribution in [1.82, 2.24) is 14.1 Å². The van der Waals surface area contributed by atoms with Crippen molar-refractivity contribution in [3.63, 3.8) is 0 Å². The Balaban J connectivity index is 1.26. The number of rotatable bonds is 5. The van der Waals surface area contributed by atoms with Gasteiger partial charge in [-0.1, -0.05) is 91.0 Å². The van der Waals surface area contributed by atoms with Crippen LogP contribution in [0.1, 0.15) is 16.7 Å². The molecule has 0 amide bonds. The first-order chi connectivity index (χ1) is 29.5. The van der Waals surface area contributed by atoms with E-state index in [0.29, 0.717) is 33.9 Å². The van der Waals surface area contributed by atoms with Crippen LogP contribution in [0, 0.1) is 47.1 Å². The molecule has 0 bridgehead atoms. The number of pyridine rings is 1. The number of para-hydroxylation sites is 2. The Labute approximate surface area is 344 Å². The molecule has 0 aliphatic heterocycles. The van der Waals surface area contributed by atoms with E-state index in [4.69, 9.17) is 18.1 Å². The van der Waals surface area contributed by atoms with Gasteiger partial charge in [0.15, 0.2) is 11.4 Å². The maximum Gasteiger partial charge on any atom is 0.196 e. The predicted octanol–water partition coefficient (Wildman–Crippen LogP) is 13.0. The van der Waals surface area contributed by atoms with Crippen LogP contribution in [0.2, 0.25) is 0 Å². The molecule has 60 heavy (non-hydrogen) atoms. The summed E-state index contributed by atoms with van der Waals surface area (Å²) in [7, 11) is 0. The Morgan fingerprint density at radius 3 is 1.77 bits per heavy atom. The largest absolute Gasteiger partial charge is 0.307 e. The second-order valence-corrected chi connectivity index (χ2v) is 14.3. The van der Waals surface area contributed by atoms with Gasteiger partial charge >= 0.3 is 0 Å². The second kappa shape index (κ2) is 14.0. The lowest BCUT2D eigenvalue weighted by molar-refractivity contribution is 1.06. The normalized spacial score (nSPS) is 10.9. The molecule has 0 spiro atoms. The number of hydrogen-bond donors (Lipinski definition) is 0. The lowest BCUT2D eigenvalue weighted by Crippen LogP contribution is -2.03. The minimum Gasteiger partial charge on any atom is -0.307 e. The lowest BCUT2D eigenvalue weighted by Gasteiger charge is -2.17. The van der Waals surface area contributed by atoms with Gasteiger partial charge in [-0.25, -0.2) is 14.7 Å². The number of nitrogens with zero attached hydrogens (tertiary/aromatic N) is 8. The topological polar surface area (TPSA) is 103 Å². The lowest BCUT2D eigenvalue weighted by atomic mass is 9.98. The molecule has 0 aliphatic rings. The molecule has 0 saturated carbocycles. The quantitative estimate of drug-likeness (QED) is 0.163. The molecule has 10 aromatic rings. The smallest absolute Gasteiger partial charge is 0.196 e. The number of fused-ring (bicyclic) bond motifs is 6. The van der Waals surface area contributed by atoms with Crippen LogP contribution in [-0.4, -0.2) is 14.1 Å². The first kappa shape index (κ1) is 35.2. The van der Waals surface area contributed by atoms with E-state index in [1.165, 1.54) is 0 Å². The van der Waals surface area contributed by atoms with Gasteiger partial charge in [0.2, 0.25) is 0 Å². The third-order valence-corrected chi connectivity index (χ3v) is 11.1. The molecular weight excluding hydrogens is 737 g/mol. The van der Waals surface area contributed by atoms with E-state index in [1.807, 2.05) is 72.9 Å². The van der Waals surface area contributed by atoms with Crippen LogP contribution in [0.15, 0.2) is 158 Å². The molecule has 8 nitrogen and oxygen atoms in total. The Morgan fingerprint density at radius 2 is 1.08 bits per heavy atom. The van der Waals surface area contributed by atoms with Gasteiger partial charge in [0.1, 0.15) is 5.82 Å². The SMILES string of the molecule is [C-]#[N+]c1ccc(-c2ccc3c4ccccc4n(-c4cnc(-n5c6ccccc6c6ccc(-c7ccc(C#N)cc7[N+]#[C-])cc65)cc4-c4cccc(C#N)c4)c3c2)c(C#N)c1. The summed E-state index contributed by atoms with van der Waals surface area (Å²) >= 11 is 0. The van der Waals surface area contributed by atoms with Gasteiger partial charge in [-0.2, -0.15) is 15.8 Å². The molecule has 0 aliphatic carbocycles. The molecule has 0 atom stereocenters. The molecule has 0 N–H and O–H groups in total. The molecule has 3 aromatic heterocycles. The highest BCUT2D eigenvalue weighted by atomic mass is 15.1. The van der Waals surface area contributed by atoms with Crippen LogP contribution in [0.25, 0.3) is 98.2 Å². The van der Waals surface area contributed by atoms with Crippen LogP contribution in [0.3, 0.4) is 0 Å². The first-order valence-corrected chi connectivity index (χ1v) is 18.9. The Hall–Kier alpha value is -9.26. The maximum absolute atomic E-state index is 10.1. The molecular formula is C52H26N8. The Kier molecular flexibility index (Phi) is 8.23. The van der Waals surface area contributed by atoms with Crippen LogP contribution in [0.5, 0.6) is 0 Å². The second-order valence-electron chi connectivity index (χ2n) is 14.3. The van der Waals surface area contributed by atoms with E-state index >= 15 is 0 Å². The Bertz CT molecular complexity index is 3680. The molecule has 8 heteroatoms. The predicted molar refractivity (Wildman–Crippen MR) is 236 cm³/mol. The summed E-state index contributed by atoms with van der Waals surface area (Å²) in [5, 5.41) is 33.8. The fourth-order valence-electron chi connectivity index (χ4n) is 8.39. The fraction of sp³-hybridized carbons (Fsp3) is 0. The zero-order valence-corrected chi connectivity index (χ0v) is 31.6. The third-order valence-electron chi connectivity index (χ3n) is 11.1. The monoisotopic (exact) mass is 762 g/mol. The summed E-state index contributed by atoms with van der Waals surface area (Å²) in [6.45, 7) is 15.4. The van der Waals surface area contributed by atoms with Crippen molar-refractivity contribution in [1.29, 1.82) is 15.8 Å². The maximum atomic E-state index is 10.1. The van der Waals surface area contributed by atoms with E-state index in [0.717, 1.165) is 82.7 Å².